The van der Waals surface area contributed by atoms with Gasteiger partial charge in [-0.2, -0.15) is 0 Å². The minimum absolute atomic E-state index is 0.0315. The molecule has 1 fully saturated rings. The molecule has 0 aromatic carbocycles. The van der Waals surface area contributed by atoms with Gasteiger partial charge in [-0.05, 0) is 25.2 Å². The van der Waals surface area contributed by atoms with Gasteiger partial charge in [-0.15, -0.1) is 0 Å². The van der Waals surface area contributed by atoms with Crippen molar-refractivity contribution in [2.24, 2.45) is 11.8 Å². The molecule has 4 nitrogen and oxygen atoms in total. The SMILES string of the molecule is CCCCC[C@H](O)C=C[C@@H]1CC[C@@H](O)[C@H]1C(O)C=O. The quantitative estimate of drug-likeness (QED) is 0.354. The van der Waals surface area contributed by atoms with E-state index in [1.54, 1.807) is 6.08 Å². The van der Waals surface area contributed by atoms with Gasteiger partial charge in [0.15, 0.2) is 0 Å². The van der Waals surface area contributed by atoms with Crippen molar-refractivity contribution in [3.8, 4) is 0 Å². The molecule has 0 aromatic rings. The van der Waals surface area contributed by atoms with E-state index in [1.165, 1.54) is 0 Å². The molecule has 0 saturated heterocycles. The molecule has 1 unspecified atom stereocenters. The van der Waals surface area contributed by atoms with Gasteiger partial charge in [0.25, 0.3) is 0 Å². The average molecular weight is 270 g/mol. The Bertz CT molecular complexity index is 290. The predicted octanol–water partition coefficient (Wildman–Crippen LogP) is 1.43. The van der Waals surface area contributed by atoms with Gasteiger partial charge >= 0.3 is 0 Å². The maximum atomic E-state index is 10.7. The molecule has 0 amide bonds. The van der Waals surface area contributed by atoms with E-state index in [9.17, 15) is 20.1 Å². The molecular formula is C15H26O4. The molecule has 0 bridgehead atoms. The molecule has 19 heavy (non-hydrogen) atoms. The van der Waals surface area contributed by atoms with Crippen molar-refractivity contribution >= 4 is 6.29 Å². The highest BCUT2D eigenvalue weighted by molar-refractivity contribution is 5.56. The van der Waals surface area contributed by atoms with Gasteiger partial charge in [0.2, 0.25) is 0 Å². The molecular weight excluding hydrogens is 244 g/mol. The van der Waals surface area contributed by atoms with E-state index < -0.39 is 24.2 Å². The van der Waals surface area contributed by atoms with Crippen molar-refractivity contribution in [2.45, 2.75) is 63.8 Å². The highest BCUT2D eigenvalue weighted by Crippen LogP contribution is 2.35. The Labute approximate surface area is 115 Å². The topological polar surface area (TPSA) is 77.8 Å². The van der Waals surface area contributed by atoms with Crippen LogP contribution in [-0.4, -0.2) is 39.9 Å². The highest BCUT2D eigenvalue weighted by atomic mass is 16.3. The van der Waals surface area contributed by atoms with E-state index in [0.29, 0.717) is 12.7 Å². The first-order valence-corrected chi connectivity index (χ1v) is 7.28. The highest BCUT2D eigenvalue weighted by Gasteiger charge is 2.38. The molecule has 0 aliphatic heterocycles. The number of rotatable bonds is 8. The summed E-state index contributed by atoms with van der Waals surface area (Å²) in [6, 6.07) is 0. The Hall–Kier alpha value is -0.710. The van der Waals surface area contributed by atoms with Gasteiger partial charge in [-0.3, -0.25) is 0 Å². The minimum atomic E-state index is -1.12. The van der Waals surface area contributed by atoms with E-state index in [2.05, 4.69) is 6.92 Å². The van der Waals surface area contributed by atoms with E-state index in [0.717, 1.165) is 32.1 Å². The van der Waals surface area contributed by atoms with Crippen molar-refractivity contribution < 1.29 is 20.1 Å². The summed E-state index contributed by atoms with van der Waals surface area (Å²) in [5, 5.41) is 29.2. The van der Waals surface area contributed by atoms with Gasteiger partial charge in [0.1, 0.15) is 12.4 Å². The molecule has 3 N–H and O–H groups in total. The van der Waals surface area contributed by atoms with Gasteiger partial charge in [-0.1, -0.05) is 38.3 Å². The zero-order chi connectivity index (χ0) is 14.3. The van der Waals surface area contributed by atoms with Crippen molar-refractivity contribution in [1.82, 2.24) is 0 Å². The summed E-state index contributed by atoms with van der Waals surface area (Å²) in [5.74, 6) is -0.465. The summed E-state index contributed by atoms with van der Waals surface area (Å²) in [5.41, 5.74) is 0. The average Bonchev–Trinajstić information content (AvgIpc) is 2.77. The summed E-state index contributed by atoms with van der Waals surface area (Å²) < 4.78 is 0. The molecule has 0 heterocycles. The predicted molar refractivity (Wildman–Crippen MR) is 73.6 cm³/mol. The Morgan fingerprint density at radius 3 is 2.63 bits per heavy atom. The first-order valence-electron chi connectivity index (χ1n) is 7.28. The fourth-order valence-electron chi connectivity index (χ4n) is 2.80. The Balaban J connectivity index is 2.47. The standard InChI is InChI=1S/C15H26O4/c1-2-3-4-5-12(17)8-6-11-7-9-13(18)15(11)14(19)10-16/h6,8,10-15,17-19H,2-5,7,9H2,1H3/t11-,12+,13-,14?,15+/m1/s1. The van der Waals surface area contributed by atoms with Crippen LogP contribution in [0.2, 0.25) is 0 Å². The lowest BCUT2D eigenvalue weighted by Crippen LogP contribution is -2.32. The fourth-order valence-corrected chi connectivity index (χ4v) is 2.80. The number of hydrogen-bond donors (Lipinski definition) is 3. The van der Waals surface area contributed by atoms with Gasteiger partial charge < -0.3 is 20.1 Å². The lowest BCUT2D eigenvalue weighted by Gasteiger charge is -2.21. The van der Waals surface area contributed by atoms with E-state index in [-0.39, 0.29) is 5.92 Å². The van der Waals surface area contributed by atoms with Gasteiger partial charge in [0, 0.05) is 5.92 Å². The van der Waals surface area contributed by atoms with E-state index >= 15 is 0 Å². The second kappa shape index (κ2) is 8.46. The monoisotopic (exact) mass is 270 g/mol. The third-order valence-corrected chi connectivity index (χ3v) is 3.95. The summed E-state index contributed by atoms with van der Waals surface area (Å²) in [6.45, 7) is 2.12. The molecule has 4 heteroatoms. The first kappa shape index (κ1) is 16.3. The fraction of sp³-hybridized carbons (Fsp3) is 0.800. The number of carbonyl (C=O) groups is 1. The summed E-state index contributed by atoms with van der Waals surface area (Å²) in [4.78, 5) is 10.7. The van der Waals surface area contributed by atoms with Crippen LogP contribution < -0.4 is 0 Å². The Kier molecular flexibility index (Phi) is 7.28. The van der Waals surface area contributed by atoms with Crippen LogP contribution in [0.5, 0.6) is 0 Å². The number of hydrogen-bond acceptors (Lipinski definition) is 4. The number of unbranched alkanes of at least 4 members (excludes halogenated alkanes) is 2. The summed E-state index contributed by atoms with van der Waals surface area (Å²) in [7, 11) is 0. The molecule has 110 valence electrons. The molecule has 0 aromatic heterocycles. The number of allylic oxidation sites excluding steroid dienone is 1. The van der Waals surface area contributed by atoms with Gasteiger partial charge in [-0.25, -0.2) is 0 Å². The van der Waals surface area contributed by atoms with Crippen LogP contribution >= 0.6 is 0 Å². The third kappa shape index (κ3) is 5.05. The maximum absolute atomic E-state index is 10.7. The zero-order valence-corrected chi connectivity index (χ0v) is 11.6. The minimum Gasteiger partial charge on any atom is -0.393 e. The Morgan fingerprint density at radius 1 is 1.26 bits per heavy atom. The third-order valence-electron chi connectivity index (χ3n) is 3.95. The summed E-state index contributed by atoms with van der Waals surface area (Å²) in [6.07, 6.45) is 7.15. The molecule has 1 aliphatic rings. The lowest BCUT2D eigenvalue weighted by atomic mass is 9.89. The smallest absolute Gasteiger partial charge is 0.148 e. The normalized spacial score (nSPS) is 30.6. The number of aliphatic hydroxyl groups is 3. The molecule has 0 radical (unpaired) electrons. The lowest BCUT2D eigenvalue weighted by molar-refractivity contribution is -0.119. The number of aliphatic hydroxyl groups excluding tert-OH is 3. The van der Waals surface area contributed by atoms with Crippen molar-refractivity contribution in [2.75, 3.05) is 0 Å². The van der Waals surface area contributed by atoms with E-state index in [1.807, 2.05) is 6.08 Å². The van der Waals surface area contributed by atoms with Crippen LogP contribution in [0.15, 0.2) is 12.2 Å². The van der Waals surface area contributed by atoms with E-state index in [4.69, 9.17) is 0 Å². The van der Waals surface area contributed by atoms with Crippen LogP contribution in [0.3, 0.4) is 0 Å². The van der Waals surface area contributed by atoms with Crippen LogP contribution in [0.4, 0.5) is 0 Å². The molecule has 1 saturated carbocycles. The van der Waals surface area contributed by atoms with Crippen molar-refractivity contribution in [1.29, 1.82) is 0 Å². The van der Waals surface area contributed by atoms with Crippen LogP contribution in [0.1, 0.15) is 45.4 Å². The van der Waals surface area contributed by atoms with Crippen LogP contribution in [0, 0.1) is 11.8 Å². The molecule has 0 spiro atoms. The molecule has 1 aliphatic carbocycles. The second-order valence-electron chi connectivity index (χ2n) is 5.46. The zero-order valence-electron chi connectivity index (χ0n) is 11.6. The maximum Gasteiger partial charge on any atom is 0.148 e. The molecule has 1 rings (SSSR count). The van der Waals surface area contributed by atoms with Crippen LogP contribution in [-0.2, 0) is 4.79 Å². The largest absolute Gasteiger partial charge is 0.393 e. The van der Waals surface area contributed by atoms with Crippen molar-refractivity contribution in [3.05, 3.63) is 12.2 Å². The summed E-state index contributed by atoms with van der Waals surface area (Å²) >= 11 is 0. The number of carbonyl (C=O) groups excluding carboxylic acids is 1. The van der Waals surface area contributed by atoms with Crippen molar-refractivity contribution in [3.63, 3.8) is 0 Å². The van der Waals surface area contributed by atoms with Gasteiger partial charge in [0.05, 0.1) is 12.2 Å². The first-order chi connectivity index (χ1) is 9.10. The molecule has 5 atom stereocenters. The van der Waals surface area contributed by atoms with Crippen LogP contribution in [0.25, 0.3) is 0 Å². The second-order valence-corrected chi connectivity index (χ2v) is 5.46. The Morgan fingerprint density at radius 2 is 2.00 bits per heavy atom. The number of aldehydes is 1.